The molecule has 0 aromatic heterocycles. The summed E-state index contributed by atoms with van der Waals surface area (Å²) >= 11 is 0. The number of hydrogen-bond donors (Lipinski definition) is 1. The van der Waals surface area contributed by atoms with E-state index in [0.29, 0.717) is 6.42 Å². The highest BCUT2D eigenvalue weighted by Crippen LogP contribution is 2.04. The highest BCUT2D eigenvalue weighted by Gasteiger charge is 2.10. The molecule has 3 nitrogen and oxygen atoms in total. The van der Waals surface area contributed by atoms with E-state index in [4.69, 9.17) is 10.5 Å². The van der Waals surface area contributed by atoms with E-state index < -0.39 is 0 Å². The first-order valence-electron chi connectivity index (χ1n) is 5.28. The minimum atomic E-state index is -0.275. The van der Waals surface area contributed by atoms with Crippen molar-refractivity contribution < 1.29 is 9.53 Å². The van der Waals surface area contributed by atoms with Crippen LogP contribution >= 0.6 is 12.4 Å². The van der Waals surface area contributed by atoms with Gasteiger partial charge in [-0.1, -0.05) is 43.0 Å². The molecule has 0 bridgehead atoms. The Morgan fingerprint density at radius 2 is 2.06 bits per heavy atom. The summed E-state index contributed by atoms with van der Waals surface area (Å²) in [7, 11) is 0. The predicted octanol–water partition coefficient (Wildman–Crippen LogP) is 2.10. The van der Waals surface area contributed by atoms with E-state index >= 15 is 0 Å². The highest BCUT2D eigenvalue weighted by atomic mass is 35.5. The Balaban J connectivity index is 0.00000256. The van der Waals surface area contributed by atoms with Gasteiger partial charge in [0.2, 0.25) is 0 Å². The fraction of sp³-hybridized carbons (Fsp3) is 0.308. The highest BCUT2D eigenvalue weighted by molar-refractivity contribution is 5.85. The summed E-state index contributed by atoms with van der Waals surface area (Å²) in [6.45, 7) is 3.72. The first kappa shape index (κ1) is 15.7. The van der Waals surface area contributed by atoms with Gasteiger partial charge in [-0.15, -0.1) is 12.4 Å². The zero-order chi connectivity index (χ0) is 11.8. The molecule has 94 valence electrons. The Labute approximate surface area is 108 Å². The van der Waals surface area contributed by atoms with Gasteiger partial charge < -0.3 is 10.5 Å². The predicted molar refractivity (Wildman–Crippen MR) is 71.1 cm³/mol. The summed E-state index contributed by atoms with van der Waals surface area (Å²) in [5.74, 6) is -0.275. The average Bonchev–Trinajstić information content (AvgIpc) is 2.27. The summed E-state index contributed by atoms with van der Waals surface area (Å²) in [5.41, 5.74) is 6.98. The third kappa shape index (κ3) is 6.76. The molecule has 0 saturated heterocycles. The lowest BCUT2D eigenvalue weighted by molar-refractivity contribution is -0.142. The van der Waals surface area contributed by atoms with Crippen molar-refractivity contribution in [1.29, 1.82) is 0 Å². The normalized spacial score (nSPS) is 11.1. The number of carbonyl (C=O) groups excluding carboxylic acids is 1. The van der Waals surface area contributed by atoms with E-state index in [-0.39, 0.29) is 37.4 Å². The maximum atomic E-state index is 11.3. The monoisotopic (exact) mass is 255 g/mol. The quantitative estimate of drug-likeness (QED) is 0.626. The number of rotatable bonds is 6. The van der Waals surface area contributed by atoms with E-state index in [1.807, 2.05) is 30.3 Å². The average molecular weight is 256 g/mol. The molecule has 4 heteroatoms. The Bertz CT molecular complexity index is 341. The van der Waals surface area contributed by atoms with Gasteiger partial charge in [0.25, 0.3) is 0 Å². The molecule has 0 aliphatic rings. The number of halogens is 1. The molecule has 2 N–H and O–H groups in total. The van der Waals surface area contributed by atoms with Gasteiger partial charge in [0.15, 0.2) is 0 Å². The minimum Gasteiger partial charge on any atom is -0.461 e. The molecule has 1 rings (SSSR count). The van der Waals surface area contributed by atoms with Gasteiger partial charge in [-0.2, -0.15) is 0 Å². The first-order chi connectivity index (χ1) is 7.72. The van der Waals surface area contributed by atoms with Crippen LogP contribution in [-0.2, 0) is 16.0 Å². The summed E-state index contributed by atoms with van der Waals surface area (Å²) in [4.78, 5) is 11.3. The lowest BCUT2D eigenvalue weighted by atomic mass is 10.0. The van der Waals surface area contributed by atoms with Crippen molar-refractivity contribution in [2.45, 2.75) is 18.9 Å². The Hall–Kier alpha value is -1.32. The van der Waals surface area contributed by atoms with Crippen molar-refractivity contribution in [3.05, 3.63) is 48.6 Å². The molecule has 0 fully saturated rings. The Morgan fingerprint density at radius 1 is 1.41 bits per heavy atom. The molecular weight excluding hydrogens is 238 g/mol. The molecule has 0 spiro atoms. The third-order valence-electron chi connectivity index (χ3n) is 2.13. The second-order valence-electron chi connectivity index (χ2n) is 3.63. The molecule has 1 aromatic carbocycles. The number of hydrogen-bond acceptors (Lipinski definition) is 3. The molecular formula is C13H18ClNO2. The van der Waals surface area contributed by atoms with Crippen LogP contribution in [0.2, 0.25) is 0 Å². The van der Waals surface area contributed by atoms with E-state index in [1.54, 1.807) is 6.08 Å². The summed E-state index contributed by atoms with van der Waals surface area (Å²) < 4.78 is 4.86. The summed E-state index contributed by atoms with van der Waals surface area (Å²) in [5, 5.41) is 0. The molecule has 1 aromatic rings. The van der Waals surface area contributed by atoms with Gasteiger partial charge in [-0.3, -0.25) is 4.79 Å². The van der Waals surface area contributed by atoms with Gasteiger partial charge in [-0.25, -0.2) is 0 Å². The van der Waals surface area contributed by atoms with Crippen LogP contribution in [0.25, 0.3) is 0 Å². The molecule has 0 unspecified atom stereocenters. The molecule has 0 aliphatic carbocycles. The maximum Gasteiger partial charge on any atom is 0.307 e. The van der Waals surface area contributed by atoms with Crippen LogP contribution in [0.4, 0.5) is 0 Å². The van der Waals surface area contributed by atoms with E-state index in [2.05, 4.69) is 6.58 Å². The first-order valence-corrected chi connectivity index (χ1v) is 5.28. The topological polar surface area (TPSA) is 52.3 Å². The largest absolute Gasteiger partial charge is 0.461 e. The molecule has 17 heavy (non-hydrogen) atoms. The summed E-state index contributed by atoms with van der Waals surface area (Å²) in [6.07, 6.45) is 2.47. The fourth-order valence-electron chi connectivity index (χ4n) is 1.41. The molecule has 0 saturated carbocycles. The van der Waals surface area contributed by atoms with Gasteiger partial charge in [0, 0.05) is 6.04 Å². The number of nitrogens with two attached hydrogens (primary N) is 1. The molecule has 0 heterocycles. The minimum absolute atomic E-state index is 0. The molecule has 0 aliphatic heterocycles. The van der Waals surface area contributed by atoms with Crippen LogP contribution in [0.15, 0.2) is 43.0 Å². The summed E-state index contributed by atoms with van der Waals surface area (Å²) in [6, 6.07) is 9.66. The van der Waals surface area contributed by atoms with Crippen LogP contribution < -0.4 is 5.73 Å². The standard InChI is InChI=1S/C13H17NO2.ClH/c1-2-8-16-13(15)10-12(14)9-11-6-4-3-5-7-11;/h2-7,12H,1,8-10,14H2;1H/t12-;/m0./s1. The fourth-order valence-corrected chi connectivity index (χ4v) is 1.41. The van der Waals surface area contributed by atoms with Gasteiger partial charge in [0.05, 0.1) is 6.42 Å². The molecule has 0 radical (unpaired) electrons. The molecule has 1 atom stereocenters. The smallest absolute Gasteiger partial charge is 0.307 e. The SMILES string of the molecule is C=CCOC(=O)C[C@@H](N)Cc1ccccc1.Cl. The van der Waals surface area contributed by atoms with Crippen molar-refractivity contribution in [2.75, 3.05) is 6.61 Å². The second-order valence-corrected chi connectivity index (χ2v) is 3.63. The number of carbonyl (C=O) groups is 1. The van der Waals surface area contributed by atoms with E-state index in [9.17, 15) is 4.79 Å². The maximum absolute atomic E-state index is 11.3. The lowest BCUT2D eigenvalue weighted by Gasteiger charge is -2.10. The van der Waals surface area contributed by atoms with Gasteiger partial charge >= 0.3 is 5.97 Å². The van der Waals surface area contributed by atoms with E-state index in [1.165, 1.54) is 0 Å². The van der Waals surface area contributed by atoms with Gasteiger partial charge in [-0.05, 0) is 12.0 Å². The van der Waals surface area contributed by atoms with Crippen molar-refractivity contribution in [3.8, 4) is 0 Å². The van der Waals surface area contributed by atoms with Crippen LogP contribution in [0.3, 0.4) is 0 Å². The van der Waals surface area contributed by atoms with Crippen LogP contribution in [-0.4, -0.2) is 18.6 Å². The van der Waals surface area contributed by atoms with Crippen molar-refractivity contribution in [1.82, 2.24) is 0 Å². The number of benzene rings is 1. The van der Waals surface area contributed by atoms with Crippen molar-refractivity contribution in [3.63, 3.8) is 0 Å². The Morgan fingerprint density at radius 3 is 2.65 bits per heavy atom. The van der Waals surface area contributed by atoms with Crippen molar-refractivity contribution in [2.24, 2.45) is 5.73 Å². The van der Waals surface area contributed by atoms with Crippen LogP contribution in [0.1, 0.15) is 12.0 Å². The zero-order valence-electron chi connectivity index (χ0n) is 9.67. The second kappa shape index (κ2) is 8.79. The van der Waals surface area contributed by atoms with Crippen LogP contribution in [0.5, 0.6) is 0 Å². The van der Waals surface area contributed by atoms with Crippen molar-refractivity contribution >= 4 is 18.4 Å². The Kier molecular flexibility index (Phi) is 8.11. The third-order valence-corrected chi connectivity index (χ3v) is 2.13. The molecule has 0 amide bonds. The zero-order valence-corrected chi connectivity index (χ0v) is 10.5. The number of ether oxygens (including phenoxy) is 1. The van der Waals surface area contributed by atoms with E-state index in [0.717, 1.165) is 5.56 Å². The van der Waals surface area contributed by atoms with Crippen LogP contribution in [0, 0.1) is 0 Å². The lowest BCUT2D eigenvalue weighted by Crippen LogP contribution is -2.27. The van der Waals surface area contributed by atoms with Gasteiger partial charge in [0.1, 0.15) is 6.61 Å². The number of esters is 1.